The minimum atomic E-state index is -1.16. The summed E-state index contributed by atoms with van der Waals surface area (Å²) in [6.07, 6.45) is 0. The molecule has 3 rings (SSSR count). The van der Waals surface area contributed by atoms with E-state index < -0.39 is 40.7 Å². The van der Waals surface area contributed by atoms with Crippen LogP contribution in [-0.4, -0.2) is 56.6 Å². The predicted molar refractivity (Wildman–Crippen MR) is 104 cm³/mol. The monoisotopic (exact) mass is 405 g/mol. The van der Waals surface area contributed by atoms with E-state index >= 15 is 0 Å². The first-order valence-electron chi connectivity index (χ1n) is 8.97. The van der Waals surface area contributed by atoms with Crippen LogP contribution in [0.1, 0.15) is 49.0 Å². The van der Waals surface area contributed by atoms with Gasteiger partial charge in [0.25, 0.3) is 5.91 Å². The van der Waals surface area contributed by atoms with Crippen molar-refractivity contribution < 1.29 is 24.3 Å². The summed E-state index contributed by atoms with van der Waals surface area (Å²) in [7, 11) is 0. The Labute approximate surface area is 167 Å². The van der Waals surface area contributed by atoms with E-state index in [1.165, 1.54) is 25.6 Å². The number of nitrogens with one attached hydrogen (secondary N) is 2. The van der Waals surface area contributed by atoms with E-state index in [1.807, 2.05) is 26.0 Å². The number of nitrogens with zero attached hydrogens (tertiary/aromatic N) is 1. The Morgan fingerprint density at radius 3 is 2.43 bits per heavy atom. The molecular weight excluding hydrogens is 382 g/mol. The molecule has 1 aromatic carbocycles. The number of amides is 3. The molecular formula is C19H23N3O5S. The van der Waals surface area contributed by atoms with Gasteiger partial charge in [-0.25, -0.2) is 0 Å². The molecule has 8 nitrogen and oxygen atoms in total. The summed E-state index contributed by atoms with van der Waals surface area (Å²) in [4.78, 5) is 50.6. The van der Waals surface area contributed by atoms with Gasteiger partial charge in [-0.3, -0.25) is 19.2 Å². The van der Waals surface area contributed by atoms with Crippen LogP contribution in [0.2, 0.25) is 0 Å². The number of benzene rings is 1. The minimum absolute atomic E-state index is 0.199. The number of hydrogen-bond donors (Lipinski definition) is 3. The second-order valence-corrected chi connectivity index (χ2v) is 9.31. The second-order valence-electron chi connectivity index (χ2n) is 7.57. The van der Waals surface area contributed by atoms with Gasteiger partial charge in [0.1, 0.15) is 23.5 Å². The number of carboxylic acid groups (broad SMARTS) is 1. The molecule has 3 N–H and O–H groups in total. The molecule has 28 heavy (non-hydrogen) atoms. The van der Waals surface area contributed by atoms with Gasteiger partial charge in [-0.15, -0.1) is 11.8 Å². The van der Waals surface area contributed by atoms with Crippen LogP contribution in [0.4, 0.5) is 0 Å². The van der Waals surface area contributed by atoms with Crippen LogP contribution in [0.5, 0.6) is 0 Å². The van der Waals surface area contributed by atoms with Crippen LogP contribution >= 0.6 is 11.8 Å². The summed E-state index contributed by atoms with van der Waals surface area (Å²) < 4.78 is -0.553. The van der Waals surface area contributed by atoms with Gasteiger partial charge in [0, 0.05) is 10.3 Å². The maximum Gasteiger partial charge on any atom is 0.325 e. The van der Waals surface area contributed by atoms with Crippen molar-refractivity contribution in [1.29, 1.82) is 0 Å². The van der Waals surface area contributed by atoms with Gasteiger partial charge in [0.2, 0.25) is 11.8 Å². The predicted octanol–water partition coefficient (Wildman–Crippen LogP) is 1.13. The third kappa shape index (κ3) is 3.34. The normalized spacial score (nSPS) is 24.1. The van der Waals surface area contributed by atoms with Gasteiger partial charge >= 0.3 is 5.97 Å². The third-order valence-electron chi connectivity index (χ3n) is 5.03. The van der Waals surface area contributed by atoms with Crippen molar-refractivity contribution in [2.45, 2.75) is 55.9 Å². The number of carbonyl (C=O) groups is 4. The summed E-state index contributed by atoms with van der Waals surface area (Å²) in [6.45, 7) is 6.62. The standard InChI is InChI=1S/C19H23N3O5S/c1-9(14(23)21-10(2)18(26)27)20-15(24)13-19(3,4)28-17-12-8-6-5-7-11(12)16(25)22(13)17/h5-10,13,17H,1-4H3,(H,20,24)(H,21,23)(H,26,27)/t9-,10+,13-,17+/m0/s1. The molecule has 1 fully saturated rings. The Balaban J connectivity index is 1.77. The van der Waals surface area contributed by atoms with E-state index in [1.54, 1.807) is 17.0 Å². The van der Waals surface area contributed by atoms with E-state index in [9.17, 15) is 19.2 Å². The zero-order valence-corrected chi connectivity index (χ0v) is 16.9. The molecule has 0 aliphatic carbocycles. The highest BCUT2D eigenvalue weighted by atomic mass is 32.2. The Kier molecular flexibility index (Phi) is 5.14. The Hall–Kier alpha value is -2.55. The Morgan fingerprint density at radius 2 is 1.79 bits per heavy atom. The lowest BCUT2D eigenvalue weighted by Crippen LogP contribution is -2.57. The van der Waals surface area contributed by atoms with Gasteiger partial charge in [-0.1, -0.05) is 18.2 Å². The van der Waals surface area contributed by atoms with E-state index in [-0.39, 0.29) is 11.3 Å². The maximum absolute atomic E-state index is 13.0. The van der Waals surface area contributed by atoms with E-state index in [4.69, 9.17) is 5.11 Å². The second kappa shape index (κ2) is 7.12. The summed E-state index contributed by atoms with van der Waals surface area (Å²) in [6, 6.07) is 4.55. The molecule has 2 heterocycles. The van der Waals surface area contributed by atoms with Crippen molar-refractivity contribution in [3.05, 3.63) is 35.4 Å². The van der Waals surface area contributed by atoms with Crippen molar-refractivity contribution in [2.75, 3.05) is 0 Å². The highest BCUT2D eigenvalue weighted by Gasteiger charge is 2.57. The molecule has 9 heteroatoms. The number of thioether (sulfide) groups is 1. The first-order valence-corrected chi connectivity index (χ1v) is 9.85. The molecule has 150 valence electrons. The summed E-state index contributed by atoms with van der Waals surface area (Å²) in [5.41, 5.74) is 1.48. The fourth-order valence-electron chi connectivity index (χ4n) is 3.56. The molecule has 0 saturated carbocycles. The lowest BCUT2D eigenvalue weighted by Gasteiger charge is -2.30. The summed E-state index contributed by atoms with van der Waals surface area (Å²) >= 11 is 1.54. The number of fused-ring (bicyclic) bond motifs is 3. The van der Waals surface area contributed by atoms with E-state index in [0.717, 1.165) is 5.56 Å². The SMILES string of the molecule is C[C@H](NC(=O)[C@@H]1N2C(=O)c3ccccc3[C@H]2SC1(C)C)C(=O)N[C@H](C)C(=O)O. The van der Waals surface area contributed by atoms with Crippen LogP contribution in [-0.2, 0) is 14.4 Å². The molecule has 2 aliphatic heterocycles. The van der Waals surface area contributed by atoms with Gasteiger partial charge in [-0.05, 0) is 39.3 Å². The van der Waals surface area contributed by atoms with Crippen molar-refractivity contribution in [1.82, 2.24) is 15.5 Å². The highest BCUT2D eigenvalue weighted by molar-refractivity contribution is 8.01. The molecule has 0 radical (unpaired) electrons. The molecule has 4 atom stereocenters. The highest BCUT2D eigenvalue weighted by Crippen LogP contribution is 2.56. The number of aliphatic carboxylic acids is 1. The van der Waals surface area contributed by atoms with Crippen molar-refractivity contribution in [3.8, 4) is 0 Å². The number of carbonyl (C=O) groups excluding carboxylic acids is 3. The summed E-state index contributed by atoms with van der Waals surface area (Å²) in [5, 5.41) is 13.6. The van der Waals surface area contributed by atoms with Crippen LogP contribution in [0.25, 0.3) is 0 Å². The molecule has 1 aromatic rings. The summed E-state index contributed by atoms with van der Waals surface area (Å²) in [5.74, 6) is -2.40. The lowest BCUT2D eigenvalue weighted by molar-refractivity contribution is -0.141. The van der Waals surface area contributed by atoms with Gasteiger partial charge in [-0.2, -0.15) is 0 Å². The van der Waals surface area contributed by atoms with Crippen molar-refractivity contribution in [2.24, 2.45) is 0 Å². The fourth-order valence-corrected chi connectivity index (χ4v) is 5.15. The first kappa shape index (κ1) is 20.2. The molecule has 2 aliphatic rings. The molecule has 0 bridgehead atoms. The first-order chi connectivity index (χ1) is 13.0. The number of hydrogen-bond acceptors (Lipinski definition) is 5. The molecule has 1 saturated heterocycles. The average Bonchev–Trinajstić information content (AvgIpc) is 3.04. The van der Waals surface area contributed by atoms with Crippen LogP contribution in [0.15, 0.2) is 24.3 Å². The van der Waals surface area contributed by atoms with Gasteiger partial charge < -0.3 is 20.6 Å². The van der Waals surface area contributed by atoms with Crippen LogP contribution in [0, 0.1) is 0 Å². The topological polar surface area (TPSA) is 116 Å². The van der Waals surface area contributed by atoms with Crippen molar-refractivity contribution >= 4 is 35.5 Å². The van der Waals surface area contributed by atoms with Crippen molar-refractivity contribution in [3.63, 3.8) is 0 Å². The Bertz CT molecular complexity index is 856. The molecule has 3 amide bonds. The van der Waals surface area contributed by atoms with Gasteiger partial charge in [0.15, 0.2) is 0 Å². The largest absolute Gasteiger partial charge is 0.480 e. The smallest absolute Gasteiger partial charge is 0.325 e. The van der Waals surface area contributed by atoms with Crippen LogP contribution in [0.3, 0.4) is 0 Å². The molecule has 0 aromatic heterocycles. The average molecular weight is 405 g/mol. The number of rotatable bonds is 5. The lowest BCUT2D eigenvalue weighted by atomic mass is 10.0. The quantitative estimate of drug-likeness (QED) is 0.676. The fraction of sp³-hybridized carbons (Fsp3) is 0.474. The zero-order valence-electron chi connectivity index (χ0n) is 16.1. The zero-order chi connectivity index (χ0) is 20.8. The molecule has 0 unspecified atom stereocenters. The van der Waals surface area contributed by atoms with E-state index in [2.05, 4.69) is 10.6 Å². The van der Waals surface area contributed by atoms with Crippen LogP contribution < -0.4 is 10.6 Å². The minimum Gasteiger partial charge on any atom is -0.480 e. The third-order valence-corrected chi connectivity index (χ3v) is 6.56. The van der Waals surface area contributed by atoms with E-state index in [0.29, 0.717) is 5.56 Å². The van der Waals surface area contributed by atoms with Gasteiger partial charge in [0.05, 0.1) is 0 Å². The Morgan fingerprint density at radius 1 is 1.14 bits per heavy atom. The molecule has 0 spiro atoms. The number of carboxylic acids is 1. The maximum atomic E-state index is 13.0.